The van der Waals surface area contributed by atoms with Gasteiger partial charge in [-0.25, -0.2) is 0 Å². The molecule has 1 amide bonds. The lowest BCUT2D eigenvalue weighted by molar-refractivity contribution is -0.114. The topological polar surface area (TPSA) is 47.6 Å². The zero-order valence-corrected chi connectivity index (χ0v) is 16.5. The van der Waals surface area contributed by atoms with E-state index in [2.05, 4.69) is 56.8 Å². The molecule has 5 heteroatoms. The van der Waals surface area contributed by atoms with E-state index < -0.39 is 0 Å². The molecule has 2 N–H and O–H groups in total. The van der Waals surface area contributed by atoms with E-state index in [0.717, 1.165) is 37.6 Å². The Morgan fingerprint density at radius 1 is 0.679 bits per heavy atom. The Balaban J connectivity index is 1.24. The fourth-order valence-electron chi connectivity index (χ4n) is 4.06. The molecular weight excluding hydrogens is 348 g/mol. The second kappa shape index (κ2) is 9.00. The Morgan fingerprint density at radius 2 is 1.14 bits per heavy atom. The van der Waals surface area contributed by atoms with Gasteiger partial charge in [0.2, 0.25) is 5.91 Å². The number of benzene rings is 2. The van der Waals surface area contributed by atoms with Gasteiger partial charge in [0.15, 0.2) is 0 Å². The van der Waals surface area contributed by atoms with Crippen molar-refractivity contribution in [3.8, 4) is 0 Å². The molecule has 0 radical (unpaired) electrons. The van der Waals surface area contributed by atoms with Crippen molar-refractivity contribution in [3.63, 3.8) is 0 Å². The van der Waals surface area contributed by atoms with Crippen molar-refractivity contribution in [1.82, 2.24) is 0 Å². The molecular formula is C23H30N4O. The SMILES string of the molecule is O=C(CNc1ccc(N2CCCCC2)cc1)Nc1ccc(N2CCCC2)cc1. The second-order valence-corrected chi connectivity index (χ2v) is 7.74. The number of carbonyl (C=O) groups is 1. The largest absolute Gasteiger partial charge is 0.376 e. The van der Waals surface area contributed by atoms with E-state index in [-0.39, 0.29) is 12.5 Å². The molecule has 4 rings (SSSR count). The number of rotatable bonds is 6. The Morgan fingerprint density at radius 3 is 1.68 bits per heavy atom. The first-order valence-electron chi connectivity index (χ1n) is 10.5. The average molecular weight is 379 g/mol. The number of carbonyl (C=O) groups excluding carboxylic acids is 1. The summed E-state index contributed by atoms with van der Waals surface area (Å²) in [6.07, 6.45) is 6.43. The Hall–Kier alpha value is -2.69. The zero-order valence-electron chi connectivity index (χ0n) is 16.5. The van der Waals surface area contributed by atoms with Gasteiger partial charge in [0, 0.05) is 48.9 Å². The molecule has 0 aliphatic carbocycles. The maximum Gasteiger partial charge on any atom is 0.243 e. The molecule has 0 bridgehead atoms. The van der Waals surface area contributed by atoms with Gasteiger partial charge in [-0.1, -0.05) is 0 Å². The minimum Gasteiger partial charge on any atom is -0.376 e. The van der Waals surface area contributed by atoms with E-state index >= 15 is 0 Å². The standard InChI is InChI=1S/C23H30N4O/c28-23(25-20-8-12-22(13-9-20)27-16-4-5-17-27)18-24-19-6-10-21(11-7-19)26-14-2-1-3-15-26/h6-13,24H,1-5,14-18H2,(H,25,28). The van der Waals surface area contributed by atoms with E-state index in [0.29, 0.717) is 0 Å². The first-order chi connectivity index (χ1) is 13.8. The third-order valence-corrected chi connectivity index (χ3v) is 5.66. The highest BCUT2D eigenvalue weighted by atomic mass is 16.1. The molecule has 0 aromatic heterocycles. The van der Waals surface area contributed by atoms with Crippen LogP contribution in [0.3, 0.4) is 0 Å². The summed E-state index contributed by atoms with van der Waals surface area (Å²) in [4.78, 5) is 17.1. The molecule has 0 unspecified atom stereocenters. The van der Waals surface area contributed by atoms with Crippen LogP contribution in [0, 0.1) is 0 Å². The molecule has 2 saturated heterocycles. The van der Waals surface area contributed by atoms with Crippen molar-refractivity contribution in [2.24, 2.45) is 0 Å². The summed E-state index contributed by atoms with van der Waals surface area (Å²) in [5.41, 5.74) is 4.32. The van der Waals surface area contributed by atoms with Gasteiger partial charge >= 0.3 is 0 Å². The average Bonchev–Trinajstić information content (AvgIpc) is 3.29. The molecule has 28 heavy (non-hydrogen) atoms. The van der Waals surface area contributed by atoms with Gasteiger partial charge in [-0.05, 0) is 80.6 Å². The third-order valence-electron chi connectivity index (χ3n) is 5.66. The van der Waals surface area contributed by atoms with Crippen molar-refractivity contribution < 1.29 is 4.79 Å². The highest BCUT2D eigenvalue weighted by Gasteiger charge is 2.12. The lowest BCUT2D eigenvalue weighted by Crippen LogP contribution is -2.29. The smallest absolute Gasteiger partial charge is 0.243 e. The van der Waals surface area contributed by atoms with Gasteiger partial charge in [-0.3, -0.25) is 4.79 Å². The molecule has 5 nitrogen and oxygen atoms in total. The summed E-state index contributed by atoms with van der Waals surface area (Å²) in [7, 11) is 0. The van der Waals surface area contributed by atoms with Crippen LogP contribution in [0.5, 0.6) is 0 Å². The van der Waals surface area contributed by atoms with Crippen LogP contribution in [-0.4, -0.2) is 38.6 Å². The second-order valence-electron chi connectivity index (χ2n) is 7.74. The molecule has 2 heterocycles. The molecule has 2 aromatic rings. The predicted molar refractivity (Wildman–Crippen MR) is 118 cm³/mol. The summed E-state index contributed by atoms with van der Waals surface area (Å²) in [5, 5.41) is 6.18. The summed E-state index contributed by atoms with van der Waals surface area (Å²) in [6, 6.07) is 16.6. The lowest BCUT2D eigenvalue weighted by Gasteiger charge is -2.28. The highest BCUT2D eigenvalue weighted by molar-refractivity contribution is 5.93. The van der Waals surface area contributed by atoms with Gasteiger partial charge in [0.05, 0.1) is 6.54 Å². The molecule has 0 spiro atoms. The summed E-state index contributed by atoms with van der Waals surface area (Å²) < 4.78 is 0. The molecule has 2 aromatic carbocycles. The summed E-state index contributed by atoms with van der Waals surface area (Å²) in [5.74, 6) is -0.0333. The maximum absolute atomic E-state index is 12.2. The number of nitrogens with zero attached hydrogens (tertiary/aromatic N) is 2. The quantitative estimate of drug-likeness (QED) is 0.786. The van der Waals surface area contributed by atoms with E-state index in [1.54, 1.807) is 0 Å². The molecule has 2 fully saturated rings. The number of nitrogens with one attached hydrogen (secondary N) is 2. The Bertz CT molecular complexity index is 760. The van der Waals surface area contributed by atoms with Crippen molar-refractivity contribution in [2.45, 2.75) is 32.1 Å². The third kappa shape index (κ3) is 4.77. The van der Waals surface area contributed by atoms with Gasteiger partial charge in [0.25, 0.3) is 0 Å². The van der Waals surface area contributed by atoms with Crippen molar-refractivity contribution in [2.75, 3.05) is 53.2 Å². The fraction of sp³-hybridized carbons (Fsp3) is 0.435. The number of hydrogen-bond acceptors (Lipinski definition) is 4. The molecule has 2 aliphatic rings. The zero-order chi connectivity index (χ0) is 19.2. The van der Waals surface area contributed by atoms with Gasteiger partial charge in [0.1, 0.15) is 0 Å². The molecule has 0 saturated carbocycles. The maximum atomic E-state index is 12.2. The first kappa shape index (κ1) is 18.7. The van der Waals surface area contributed by atoms with Gasteiger partial charge < -0.3 is 20.4 Å². The van der Waals surface area contributed by atoms with Crippen LogP contribution in [0.1, 0.15) is 32.1 Å². The van der Waals surface area contributed by atoms with Crippen molar-refractivity contribution >= 4 is 28.7 Å². The lowest BCUT2D eigenvalue weighted by atomic mass is 10.1. The monoisotopic (exact) mass is 378 g/mol. The summed E-state index contributed by atoms with van der Waals surface area (Å²) >= 11 is 0. The summed E-state index contributed by atoms with van der Waals surface area (Å²) in [6.45, 7) is 4.81. The minimum absolute atomic E-state index is 0.0333. The van der Waals surface area contributed by atoms with Crippen LogP contribution in [0.25, 0.3) is 0 Å². The van der Waals surface area contributed by atoms with Crippen molar-refractivity contribution in [1.29, 1.82) is 0 Å². The van der Waals surface area contributed by atoms with E-state index in [9.17, 15) is 4.79 Å². The van der Waals surface area contributed by atoms with Crippen LogP contribution in [0.2, 0.25) is 0 Å². The van der Waals surface area contributed by atoms with Crippen LogP contribution in [0.15, 0.2) is 48.5 Å². The normalized spacial score (nSPS) is 16.9. The molecule has 148 valence electrons. The first-order valence-corrected chi connectivity index (χ1v) is 10.5. The van der Waals surface area contributed by atoms with Crippen LogP contribution in [0.4, 0.5) is 22.7 Å². The Kier molecular flexibility index (Phi) is 6.00. The van der Waals surface area contributed by atoms with Gasteiger partial charge in [-0.15, -0.1) is 0 Å². The Labute approximate surface area is 167 Å². The molecule has 2 aliphatic heterocycles. The van der Waals surface area contributed by atoms with E-state index in [1.165, 1.54) is 43.5 Å². The highest BCUT2D eigenvalue weighted by Crippen LogP contribution is 2.23. The van der Waals surface area contributed by atoms with Crippen LogP contribution < -0.4 is 20.4 Å². The minimum atomic E-state index is -0.0333. The number of piperidine rings is 1. The van der Waals surface area contributed by atoms with Crippen LogP contribution in [-0.2, 0) is 4.79 Å². The predicted octanol–water partition coefficient (Wildman–Crippen LogP) is 4.33. The van der Waals surface area contributed by atoms with E-state index in [4.69, 9.17) is 0 Å². The van der Waals surface area contributed by atoms with Crippen LogP contribution >= 0.6 is 0 Å². The van der Waals surface area contributed by atoms with Crippen molar-refractivity contribution in [3.05, 3.63) is 48.5 Å². The molecule has 0 atom stereocenters. The fourth-order valence-corrected chi connectivity index (χ4v) is 4.06. The van der Waals surface area contributed by atoms with E-state index in [1.807, 2.05) is 12.1 Å². The van der Waals surface area contributed by atoms with Gasteiger partial charge in [-0.2, -0.15) is 0 Å². The number of anilines is 4. The number of amides is 1. The number of hydrogen-bond donors (Lipinski definition) is 2.